The Labute approximate surface area is 110 Å². The van der Waals surface area contributed by atoms with Gasteiger partial charge in [0.05, 0.1) is 11.5 Å². The van der Waals surface area contributed by atoms with Gasteiger partial charge in [0.1, 0.15) is 11.0 Å². The van der Waals surface area contributed by atoms with Gasteiger partial charge in [-0.15, -0.1) is 11.3 Å². The predicted molar refractivity (Wildman–Crippen MR) is 66.5 cm³/mol. The zero-order chi connectivity index (χ0) is 11.5. The van der Waals surface area contributed by atoms with Gasteiger partial charge < -0.3 is 5.11 Å². The quantitative estimate of drug-likeness (QED) is 0.939. The van der Waals surface area contributed by atoms with Gasteiger partial charge in [-0.05, 0) is 23.3 Å². The number of thiazole rings is 1. The van der Waals surface area contributed by atoms with E-state index >= 15 is 0 Å². The van der Waals surface area contributed by atoms with Crippen LogP contribution in [-0.2, 0) is 13.0 Å². The first-order chi connectivity index (χ1) is 7.72. The largest absolute Gasteiger partial charge is 0.391 e. The first-order valence-electron chi connectivity index (χ1n) is 4.49. The van der Waals surface area contributed by atoms with Crippen LogP contribution < -0.4 is 0 Å². The van der Waals surface area contributed by atoms with Crippen molar-refractivity contribution in [2.24, 2.45) is 0 Å². The SMILES string of the molecule is CCc1nsc(Sc2nc(Cl)c(CO)s2)n1. The molecule has 86 valence electrons. The van der Waals surface area contributed by atoms with Gasteiger partial charge in [0, 0.05) is 6.42 Å². The third-order valence-electron chi connectivity index (χ3n) is 1.71. The molecule has 2 aromatic rings. The van der Waals surface area contributed by atoms with Crippen LogP contribution in [0.1, 0.15) is 17.6 Å². The molecule has 0 bridgehead atoms. The number of nitrogens with zero attached hydrogens (tertiary/aromatic N) is 3. The highest BCUT2D eigenvalue weighted by Crippen LogP contribution is 2.35. The minimum Gasteiger partial charge on any atom is -0.391 e. The van der Waals surface area contributed by atoms with Gasteiger partial charge in [-0.3, -0.25) is 0 Å². The second-order valence-electron chi connectivity index (χ2n) is 2.78. The molecule has 0 aliphatic carbocycles. The molecule has 0 saturated heterocycles. The summed E-state index contributed by atoms with van der Waals surface area (Å²) >= 11 is 10.0. The van der Waals surface area contributed by atoms with Gasteiger partial charge >= 0.3 is 0 Å². The van der Waals surface area contributed by atoms with E-state index in [0.717, 1.165) is 20.9 Å². The minimum atomic E-state index is -0.0760. The lowest BCUT2D eigenvalue weighted by molar-refractivity contribution is 0.285. The number of aliphatic hydroxyl groups excluding tert-OH is 1. The number of halogens is 1. The van der Waals surface area contributed by atoms with E-state index in [1.807, 2.05) is 6.92 Å². The van der Waals surface area contributed by atoms with Gasteiger partial charge in [0.15, 0.2) is 8.68 Å². The molecule has 0 spiro atoms. The summed E-state index contributed by atoms with van der Waals surface area (Å²) in [5, 5.41) is 9.36. The molecule has 2 rings (SSSR count). The summed E-state index contributed by atoms with van der Waals surface area (Å²) in [6.45, 7) is 1.94. The third-order valence-corrected chi connectivity index (χ3v) is 5.03. The number of hydrogen-bond acceptors (Lipinski definition) is 7. The van der Waals surface area contributed by atoms with Crippen LogP contribution >= 0.6 is 46.2 Å². The first kappa shape index (κ1) is 12.3. The van der Waals surface area contributed by atoms with Crippen LogP contribution in [0.2, 0.25) is 5.15 Å². The van der Waals surface area contributed by atoms with Crippen molar-refractivity contribution in [2.75, 3.05) is 0 Å². The lowest BCUT2D eigenvalue weighted by Gasteiger charge is -1.87. The van der Waals surface area contributed by atoms with Crippen molar-refractivity contribution in [3.05, 3.63) is 15.9 Å². The lowest BCUT2D eigenvalue weighted by atomic mass is 10.5. The van der Waals surface area contributed by atoms with Gasteiger partial charge in [-0.1, -0.05) is 18.5 Å². The standard InChI is InChI=1S/C8H8ClN3OS3/c1-2-5-10-8(16-12-5)15-7-11-6(9)4(3-13)14-7/h13H,2-3H2,1H3. The monoisotopic (exact) mass is 293 g/mol. The molecule has 0 amide bonds. The Morgan fingerprint density at radius 2 is 2.19 bits per heavy atom. The van der Waals surface area contributed by atoms with Crippen molar-refractivity contribution < 1.29 is 5.11 Å². The molecule has 2 aromatic heterocycles. The molecule has 1 N–H and O–H groups in total. The molecule has 8 heteroatoms. The molecule has 0 atom stereocenters. The first-order valence-corrected chi connectivity index (χ1v) is 7.28. The fourth-order valence-corrected chi connectivity index (χ4v) is 4.15. The van der Waals surface area contributed by atoms with E-state index in [4.69, 9.17) is 16.7 Å². The summed E-state index contributed by atoms with van der Waals surface area (Å²) in [7, 11) is 0. The van der Waals surface area contributed by atoms with Crippen molar-refractivity contribution in [1.29, 1.82) is 0 Å². The summed E-state index contributed by atoms with van der Waals surface area (Å²) in [5.41, 5.74) is 0. The zero-order valence-electron chi connectivity index (χ0n) is 8.31. The third kappa shape index (κ3) is 2.72. The molecular formula is C8H8ClN3OS3. The summed E-state index contributed by atoms with van der Waals surface area (Å²) in [4.78, 5) is 9.14. The van der Waals surface area contributed by atoms with Gasteiger partial charge in [-0.25, -0.2) is 9.97 Å². The van der Waals surface area contributed by atoms with Crippen molar-refractivity contribution in [3.8, 4) is 0 Å². The maximum atomic E-state index is 8.99. The average Bonchev–Trinajstić information content (AvgIpc) is 2.85. The average molecular weight is 294 g/mol. The van der Waals surface area contributed by atoms with Crippen LogP contribution in [0, 0.1) is 0 Å². The minimum absolute atomic E-state index is 0.0760. The Kier molecular flexibility index (Phi) is 4.15. The normalized spacial score (nSPS) is 10.9. The predicted octanol–water partition coefficient (Wildman–Crippen LogP) is 2.85. The fourth-order valence-electron chi connectivity index (χ4n) is 0.952. The number of hydrogen-bond donors (Lipinski definition) is 1. The van der Waals surface area contributed by atoms with Crippen LogP contribution in [0.3, 0.4) is 0 Å². The van der Waals surface area contributed by atoms with E-state index in [0.29, 0.717) is 10.0 Å². The number of aromatic nitrogens is 3. The van der Waals surface area contributed by atoms with Gasteiger partial charge in [0.2, 0.25) is 0 Å². The summed E-state index contributed by atoms with van der Waals surface area (Å²) < 4.78 is 5.82. The van der Waals surface area contributed by atoms with Crippen LogP contribution in [0.5, 0.6) is 0 Å². The molecule has 0 radical (unpaired) electrons. The van der Waals surface area contributed by atoms with Crippen molar-refractivity contribution in [3.63, 3.8) is 0 Å². The smallest absolute Gasteiger partial charge is 0.177 e. The molecule has 0 aliphatic rings. The Hall–Kier alpha value is -0.210. The Balaban J connectivity index is 2.13. The van der Waals surface area contributed by atoms with Crippen molar-refractivity contribution in [1.82, 2.24) is 14.3 Å². The molecular weight excluding hydrogens is 286 g/mol. The maximum Gasteiger partial charge on any atom is 0.177 e. The van der Waals surface area contributed by atoms with E-state index in [2.05, 4.69) is 14.3 Å². The number of aryl methyl sites for hydroxylation is 1. The van der Waals surface area contributed by atoms with Crippen LogP contribution in [-0.4, -0.2) is 19.4 Å². The van der Waals surface area contributed by atoms with Gasteiger partial charge in [-0.2, -0.15) is 4.37 Å². The topological polar surface area (TPSA) is 58.9 Å². The zero-order valence-corrected chi connectivity index (χ0v) is 11.5. The molecule has 0 fully saturated rings. The molecule has 0 aromatic carbocycles. The van der Waals surface area contributed by atoms with Crippen LogP contribution in [0.4, 0.5) is 0 Å². The second-order valence-corrected chi connectivity index (χ2v) is 6.47. The fraction of sp³-hybridized carbons (Fsp3) is 0.375. The lowest BCUT2D eigenvalue weighted by Crippen LogP contribution is -1.80. The molecule has 0 aliphatic heterocycles. The van der Waals surface area contributed by atoms with Crippen LogP contribution in [0.25, 0.3) is 0 Å². The number of aliphatic hydroxyl groups is 1. The molecule has 0 unspecified atom stereocenters. The molecule has 0 saturated carbocycles. The van der Waals surface area contributed by atoms with E-state index in [1.165, 1.54) is 34.6 Å². The van der Waals surface area contributed by atoms with E-state index in [1.54, 1.807) is 0 Å². The molecule has 2 heterocycles. The summed E-state index contributed by atoms with van der Waals surface area (Å²) in [6.07, 6.45) is 0.831. The summed E-state index contributed by atoms with van der Waals surface area (Å²) in [5.74, 6) is 0.845. The highest BCUT2D eigenvalue weighted by Gasteiger charge is 2.12. The highest BCUT2D eigenvalue weighted by atomic mass is 35.5. The van der Waals surface area contributed by atoms with Crippen LogP contribution in [0.15, 0.2) is 8.68 Å². The van der Waals surface area contributed by atoms with Crippen molar-refractivity contribution in [2.45, 2.75) is 28.6 Å². The summed E-state index contributed by atoms with van der Waals surface area (Å²) in [6, 6.07) is 0. The van der Waals surface area contributed by atoms with Crippen molar-refractivity contribution >= 4 is 46.2 Å². The number of rotatable bonds is 4. The Morgan fingerprint density at radius 3 is 2.75 bits per heavy atom. The molecule has 16 heavy (non-hydrogen) atoms. The second kappa shape index (κ2) is 5.42. The Bertz CT molecular complexity index is 485. The van der Waals surface area contributed by atoms with E-state index < -0.39 is 0 Å². The van der Waals surface area contributed by atoms with Gasteiger partial charge in [0.25, 0.3) is 0 Å². The molecule has 4 nitrogen and oxygen atoms in total. The van der Waals surface area contributed by atoms with E-state index in [-0.39, 0.29) is 6.61 Å². The maximum absolute atomic E-state index is 8.99. The van der Waals surface area contributed by atoms with E-state index in [9.17, 15) is 0 Å². The Morgan fingerprint density at radius 1 is 1.38 bits per heavy atom. The highest BCUT2D eigenvalue weighted by molar-refractivity contribution is 8.02.